The number of hydrogen-bond acceptors (Lipinski definition) is 3. The summed E-state index contributed by atoms with van der Waals surface area (Å²) in [5, 5.41) is 2.14. The summed E-state index contributed by atoms with van der Waals surface area (Å²) in [4.78, 5) is 0.579. The fraction of sp³-hybridized carbons (Fsp3) is 0.848. The molecule has 0 heterocycles. The van der Waals surface area contributed by atoms with E-state index in [1.165, 1.54) is 235 Å². The topological polar surface area (TPSA) is 43.4 Å². The van der Waals surface area contributed by atoms with Gasteiger partial charge in [0.15, 0.2) is 0 Å². The van der Waals surface area contributed by atoms with Crippen LogP contribution in [0.25, 0.3) is 10.8 Å². The Morgan fingerprint density at radius 3 is 0.901 bits per heavy atom. The fourth-order valence-corrected chi connectivity index (χ4v) is 21.9. The van der Waals surface area contributed by atoms with E-state index >= 15 is 8.42 Å². The van der Waals surface area contributed by atoms with Crippen LogP contribution in [0.5, 0.6) is 0 Å². The van der Waals surface area contributed by atoms with Crippen molar-refractivity contribution in [1.82, 2.24) is 0 Å². The summed E-state index contributed by atoms with van der Waals surface area (Å²) < 4.78 is 39.4. The van der Waals surface area contributed by atoms with Crippen molar-refractivity contribution in [3.05, 3.63) is 41.0 Å². The molecule has 0 amide bonds. The predicted molar refractivity (Wildman–Crippen MR) is 323 cm³/mol. The van der Waals surface area contributed by atoms with Crippen LogP contribution in [0.4, 0.5) is 0 Å². The van der Waals surface area contributed by atoms with Gasteiger partial charge in [-0.25, -0.2) is 0 Å². The molecule has 0 saturated carbocycles. The zero-order chi connectivity index (χ0) is 51.6. The van der Waals surface area contributed by atoms with E-state index in [0.29, 0.717) is 4.90 Å². The minimum atomic E-state index is -4.09. The van der Waals surface area contributed by atoms with Crippen molar-refractivity contribution in [3.63, 3.8) is 0 Å². The molecule has 0 aromatic heterocycles. The summed E-state index contributed by atoms with van der Waals surface area (Å²) in [6, 6.07) is 8.74. The molecule has 0 saturated heterocycles. The first-order valence-electron chi connectivity index (χ1n) is 32.2. The average Bonchev–Trinajstić information content (AvgIpc) is 3.37. The predicted octanol–water partition coefficient (Wildman–Crippen LogP) is 23.2. The van der Waals surface area contributed by atoms with Crippen molar-refractivity contribution in [2.75, 3.05) is 24.6 Å². The molecule has 0 fully saturated rings. The van der Waals surface area contributed by atoms with Gasteiger partial charge in [0, 0.05) is 0 Å². The van der Waals surface area contributed by atoms with Crippen molar-refractivity contribution in [2.24, 2.45) is 0 Å². The van der Waals surface area contributed by atoms with E-state index in [-0.39, 0.29) is 0 Å². The SMILES string of the molecule is CCCCCCCCCCCCCCc1c(CCCCCCCCCCCCCC)c(S(=O)(=O)OP(CC)(CCCC)(CCCC)CCCC)c2ccccc2c1CCCCCCCCCCCCCC. The van der Waals surface area contributed by atoms with Gasteiger partial charge in [-0.3, -0.25) is 0 Å². The van der Waals surface area contributed by atoms with Gasteiger partial charge in [0.05, 0.1) is 0 Å². The van der Waals surface area contributed by atoms with Crippen LogP contribution in [-0.2, 0) is 33.4 Å². The van der Waals surface area contributed by atoms with Crippen molar-refractivity contribution < 1.29 is 12.4 Å². The third kappa shape index (κ3) is 27.1. The van der Waals surface area contributed by atoms with Crippen molar-refractivity contribution in [2.45, 2.75) is 342 Å². The first-order chi connectivity index (χ1) is 34.7. The second-order valence-corrected chi connectivity index (χ2v) is 30.8. The second-order valence-electron chi connectivity index (χ2n) is 23.2. The van der Waals surface area contributed by atoms with Gasteiger partial charge in [0.2, 0.25) is 0 Å². The van der Waals surface area contributed by atoms with Crippen LogP contribution in [-0.4, -0.2) is 33.1 Å². The molecule has 0 spiro atoms. The first-order valence-corrected chi connectivity index (χ1v) is 36.5. The Labute approximate surface area is 445 Å². The summed E-state index contributed by atoms with van der Waals surface area (Å²) in [5.74, 6) is 0. The minimum absolute atomic E-state index is 0.579. The quantitative estimate of drug-likeness (QED) is 0.0490. The number of unbranched alkanes of at least 4 members (excludes halogenated alkanes) is 36. The molecule has 0 radical (unpaired) electrons. The third-order valence-electron chi connectivity index (χ3n) is 16.9. The van der Waals surface area contributed by atoms with E-state index in [9.17, 15) is 0 Å². The molecule has 0 bridgehead atoms. The fourth-order valence-electron chi connectivity index (χ4n) is 12.1. The van der Waals surface area contributed by atoms with E-state index in [4.69, 9.17) is 3.97 Å². The van der Waals surface area contributed by atoms with Crippen molar-refractivity contribution in [1.29, 1.82) is 0 Å². The molecule has 416 valence electrons. The number of aryl methyl sites for hydroxylation is 1. The van der Waals surface area contributed by atoms with E-state index in [1.54, 1.807) is 0 Å². The zero-order valence-electron chi connectivity index (χ0n) is 49.0. The first kappa shape index (κ1) is 66.2. The molecule has 2 aromatic carbocycles. The van der Waals surface area contributed by atoms with Gasteiger partial charge < -0.3 is 0 Å². The van der Waals surface area contributed by atoms with E-state index < -0.39 is 16.9 Å². The van der Waals surface area contributed by atoms with Crippen LogP contribution in [0.15, 0.2) is 29.2 Å². The van der Waals surface area contributed by atoms with Gasteiger partial charge in [-0.15, -0.1) is 0 Å². The van der Waals surface area contributed by atoms with Gasteiger partial charge in [-0.05, 0) is 0 Å². The number of fused-ring (bicyclic) bond motifs is 1. The Bertz CT molecular complexity index is 1640. The summed E-state index contributed by atoms with van der Waals surface area (Å²) in [6.45, 7) is 12.9. The third-order valence-corrected chi connectivity index (χ3v) is 26.3. The van der Waals surface area contributed by atoms with Gasteiger partial charge >= 0.3 is 312 Å². The van der Waals surface area contributed by atoms with Crippen LogP contribution < -0.4 is 0 Å². The van der Waals surface area contributed by atoms with Crippen LogP contribution in [0.2, 0.25) is 0 Å². The normalized spacial score (nSPS) is 12.9. The Balaban J connectivity index is 2.57. The molecule has 0 N–H and O–H groups in total. The number of hydrogen-bond donors (Lipinski definition) is 0. The molecule has 2 rings (SSSR count). The molecule has 0 unspecified atom stereocenters. The van der Waals surface area contributed by atoms with Crippen LogP contribution in [0.3, 0.4) is 0 Å². The molecule has 3 nitrogen and oxygen atoms in total. The van der Waals surface area contributed by atoms with Crippen molar-refractivity contribution >= 4 is 27.7 Å². The number of rotatable bonds is 52. The average molecular weight is 1030 g/mol. The Morgan fingerprint density at radius 1 is 0.324 bits per heavy atom. The summed E-state index contributed by atoms with van der Waals surface area (Å²) in [5.41, 5.74) is 4.03. The number of benzene rings is 2. The van der Waals surface area contributed by atoms with Gasteiger partial charge in [0.25, 0.3) is 0 Å². The molecule has 2 aromatic rings. The van der Waals surface area contributed by atoms with Crippen LogP contribution in [0.1, 0.15) is 335 Å². The van der Waals surface area contributed by atoms with Gasteiger partial charge in [-0.2, -0.15) is 0 Å². The Morgan fingerprint density at radius 2 is 0.592 bits per heavy atom. The van der Waals surface area contributed by atoms with E-state index in [0.717, 1.165) is 106 Å². The minimum Gasteiger partial charge on any atom is -0.0654 e. The standard InChI is InChI=1S/C66H123O3PS/c1-8-15-21-24-27-30-33-36-39-42-45-48-53-61-62(54-49-46-43-40-37-34-31-28-25-22-16-9-2)64(56-50-47-44-41-38-35-32-29-26-23-17-10-3)66(65-57-52-51-55-63(61)65)71(67,68)69-70(14-7,58-18-11-4,59-19-12-5)60-20-13-6/h51-52,55,57H,8-50,53-54,56,58-60H2,1-7H3. The summed E-state index contributed by atoms with van der Waals surface area (Å²) >= 11 is 0. The molecule has 5 heteroatoms. The van der Waals surface area contributed by atoms with E-state index in [2.05, 4.69) is 72.7 Å². The summed E-state index contributed by atoms with van der Waals surface area (Å²) in [6.07, 6.45) is 60.9. The van der Waals surface area contributed by atoms with Crippen LogP contribution in [0, 0.1) is 0 Å². The Kier molecular flexibility index (Phi) is 39.3. The summed E-state index contributed by atoms with van der Waals surface area (Å²) in [7, 11) is -4.09. The van der Waals surface area contributed by atoms with Crippen molar-refractivity contribution in [3.8, 4) is 0 Å². The zero-order valence-corrected chi connectivity index (χ0v) is 50.7. The smallest absolute Gasteiger partial charge is 0.0654 e. The molecular formula is C66H123O3PS. The monoisotopic (exact) mass is 1030 g/mol. The Hall–Kier alpha value is -0.960. The van der Waals surface area contributed by atoms with E-state index in [1.807, 2.05) is 0 Å². The van der Waals surface area contributed by atoms with Crippen LogP contribution >= 0.6 is 6.83 Å². The molecular weight excluding hydrogens is 904 g/mol. The molecule has 0 aliphatic heterocycles. The van der Waals surface area contributed by atoms with Gasteiger partial charge in [-0.1, -0.05) is 136 Å². The maximum absolute atomic E-state index is 16.0. The van der Waals surface area contributed by atoms with Gasteiger partial charge in [0.1, 0.15) is 0 Å². The second kappa shape index (κ2) is 42.2. The molecule has 0 aliphatic rings. The maximum atomic E-state index is 16.0. The molecule has 71 heavy (non-hydrogen) atoms. The molecule has 0 aliphatic carbocycles. The molecule has 0 atom stereocenters.